The number of nitrogens with zero attached hydrogens (tertiary/aromatic N) is 2. The molecule has 3 heterocycles. The lowest BCUT2D eigenvalue weighted by molar-refractivity contribution is -0.122. The molecule has 1 aromatic heterocycles. The lowest BCUT2D eigenvalue weighted by Gasteiger charge is -2.30. The fourth-order valence-electron chi connectivity index (χ4n) is 4.70. The van der Waals surface area contributed by atoms with E-state index in [9.17, 15) is 18.8 Å². The molecule has 2 aliphatic rings. The summed E-state index contributed by atoms with van der Waals surface area (Å²) < 4.78 is 13.4. The second-order valence-corrected chi connectivity index (χ2v) is 10.2. The summed E-state index contributed by atoms with van der Waals surface area (Å²) in [6, 6.07) is 13.4. The highest BCUT2D eigenvalue weighted by molar-refractivity contribution is 8.00. The van der Waals surface area contributed by atoms with Crippen molar-refractivity contribution in [3.05, 3.63) is 74.5 Å². The third-order valence-corrected chi connectivity index (χ3v) is 8.69. The monoisotopic (exact) mass is 483 g/mol. The minimum atomic E-state index is -0.659. The Kier molecular flexibility index (Phi) is 5.62. The topological polar surface area (TPSA) is 73.5 Å². The minimum absolute atomic E-state index is 0.201. The van der Waals surface area contributed by atoms with Gasteiger partial charge in [-0.1, -0.05) is 35.2 Å². The molecule has 170 valence electrons. The lowest BCUT2D eigenvalue weighted by atomic mass is 9.83. The smallest absolute Gasteiger partial charge is 0.305 e. The molecule has 6 nitrogen and oxygen atoms in total. The summed E-state index contributed by atoms with van der Waals surface area (Å²) in [5, 5.41) is -0.0149. The van der Waals surface area contributed by atoms with Gasteiger partial charge in [0.25, 0.3) is 0 Å². The number of thiazole rings is 1. The largest absolute Gasteiger partial charge is 0.372 e. The number of rotatable bonds is 5. The standard InChI is InChI=1S/C24H22FN3O3S2/c1-3-27(4-2)15-9-5-13(6-10-15)17-18-20(32-21-19(17)33-24(31)26-21)23(30)28(22(18)29)16-11-7-14(25)8-12-16/h5-12,17-18,20H,3-4H2,1-2H3,(H,26,31)/t17-,18-,20+/m0/s1. The maximum Gasteiger partial charge on any atom is 0.305 e. The van der Waals surface area contributed by atoms with Crippen LogP contribution in [0.4, 0.5) is 15.8 Å². The second-order valence-electron chi connectivity index (χ2n) is 8.00. The molecule has 0 saturated carbocycles. The fraction of sp³-hybridized carbons (Fsp3) is 0.292. The summed E-state index contributed by atoms with van der Waals surface area (Å²) in [5.41, 5.74) is 2.32. The van der Waals surface area contributed by atoms with Crippen LogP contribution < -0.4 is 14.7 Å². The number of H-pyrrole nitrogens is 1. The van der Waals surface area contributed by atoms with Gasteiger partial charge in [-0.2, -0.15) is 0 Å². The van der Waals surface area contributed by atoms with Gasteiger partial charge in [-0.3, -0.25) is 14.4 Å². The lowest BCUT2D eigenvalue weighted by Crippen LogP contribution is -2.32. The van der Waals surface area contributed by atoms with E-state index < -0.39 is 22.9 Å². The third kappa shape index (κ3) is 3.59. The molecule has 0 unspecified atom stereocenters. The first-order valence-electron chi connectivity index (χ1n) is 10.8. The number of nitrogens with one attached hydrogen (secondary N) is 1. The Bertz CT molecular complexity index is 1270. The van der Waals surface area contributed by atoms with Crippen molar-refractivity contribution < 1.29 is 14.0 Å². The fourth-order valence-corrected chi connectivity index (χ4v) is 7.22. The van der Waals surface area contributed by atoms with Crippen LogP contribution in [0.25, 0.3) is 0 Å². The van der Waals surface area contributed by atoms with Crippen LogP contribution in [0.3, 0.4) is 0 Å². The molecular formula is C24H22FN3O3S2. The van der Waals surface area contributed by atoms with E-state index >= 15 is 0 Å². The highest BCUT2D eigenvalue weighted by Gasteiger charge is 2.56. The van der Waals surface area contributed by atoms with Crippen LogP contribution in [-0.2, 0) is 9.59 Å². The van der Waals surface area contributed by atoms with Gasteiger partial charge in [-0.05, 0) is 55.8 Å². The number of aromatic nitrogens is 1. The molecule has 2 aliphatic heterocycles. The van der Waals surface area contributed by atoms with Crippen LogP contribution in [0.1, 0.15) is 30.2 Å². The number of fused-ring (bicyclic) bond motifs is 2. The summed E-state index contributed by atoms with van der Waals surface area (Å²) in [7, 11) is 0. The van der Waals surface area contributed by atoms with E-state index in [4.69, 9.17) is 0 Å². The molecule has 0 aliphatic carbocycles. The highest BCUT2D eigenvalue weighted by atomic mass is 32.2. The Morgan fingerprint density at radius 2 is 1.64 bits per heavy atom. The van der Waals surface area contributed by atoms with Crippen LogP contribution in [0.5, 0.6) is 0 Å². The molecule has 2 amide bonds. The number of thioether (sulfide) groups is 1. The molecule has 0 bridgehead atoms. The quantitative estimate of drug-likeness (QED) is 0.550. The van der Waals surface area contributed by atoms with Crippen molar-refractivity contribution in [1.82, 2.24) is 4.98 Å². The molecule has 1 fully saturated rings. The van der Waals surface area contributed by atoms with Crippen LogP contribution in [0.2, 0.25) is 0 Å². The van der Waals surface area contributed by atoms with E-state index in [0.29, 0.717) is 10.7 Å². The van der Waals surface area contributed by atoms with Gasteiger partial charge < -0.3 is 9.88 Å². The number of halogens is 1. The molecule has 3 atom stereocenters. The molecule has 2 aromatic carbocycles. The number of benzene rings is 2. The average molecular weight is 484 g/mol. The van der Waals surface area contributed by atoms with Crippen molar-refractivity contribution in [2.24, 2.45) is 5.92 Å². The maximum atomic E-state index is 13.6. The first-order chi connectivity index (χ1) is 15.9. The summed E-state index contributed by atoms with van der Waals surface area (Å²) in [5.74, 6) is -2.17. The zero-order valence-corrected chi connectivity index (χ0v) is 19.7. The number of carbonyl (C=O) groups is 2. The third-order valence-electron chi connectivity index (χ3n) is 6.29. The van der Waals surface area contributed by atoms with E-state index in [0.717, 1.165) is 45.5 Å². The van der Waals surface area contributed by atoms with Crippen molar-refractivity contribution in [3.8, 4) is 0 Å². The van der Waals surface area contributed by atoms with Crippen molar-refractivity contribution in [2.75, 3.05) is 22.9 Å². The SMILES string of the molecule is CCN(CC)c1ccc([C@@H]2c3sc(=O)[nH]c3S[C@H]3C(=O)N(c4ccc(F)cc4)C(=O)[C@@H]23)cc1. The van der Waals surface area contributed by atoms with E-state index in [1.165, 1.54) is 36.0 Å². The molecule has 9 heteroatoms. The van der Waals surface area contributed by atoms with Gasteiger partial charge in [-0.25, -0.2) is 9.29 Å². The molecule has 33 heavy (non-hydrogen) atoms. The van der Waals surface area contributed by atoms with Gasteiger partial charge in [0.1, 0.15) is 11.1 Å². The molecule has 0 radical (unpaired) electrons. The molecule has 1 saturated heterocycles. The Morgan fingerprint density at radius 3 is 2.27 bits per heavy atom. The van der Waals surface area contributed by atoms with Crippen molar-refractivity contribution in [2.45, 2.75) is 30.0 Å². The highest BCUT2D eigenvalue weighted by Crippen LogP contribution is 2.53. The maximum absolute atomic E-state index is 13.6. The number of imide groups is 1. The van der Waals surface area contributed by atoms with Crippen LogP contribution >= 0.6 is 23.1 Å². The molecular weight excluding hydrogens is 461 g/mol. The van der Waals surface area contributed by atoms with E-state index in [1.807, 2.05) is 24.3 Å². The van der Waals surface area contributed by atoms with Gasteiger partial charge in [0, 0.05) is 29.6 Å². The number of carbonyl (C=O) groups excluding carboxylic acids is 2. The summed E-state index contributed by atoms with van der Waals surface area (Å²) in [4.78, 5) is 45.9. The van der Waals surface area contributed by atoms with E-state index in [1.54, 1.807) is 0 Å². The van der Waals surface area contributed by atoms with Gasteiger partial charge in [0.05, 0.1) is 16.6 Å². The molecule has 3 aromatic rings. The van der Waals surface area contributed by atoms with Gasteiger partial charge >= 0.3 is 4.87 Å². The van der Waals surface area contributed by atoms with Crippen molar-refractivity contribution >= 4 is 46.3 Å². The second kappa shape index (κ2) is 8.46. The van der Waals surface area contributed by atoms with Crippen molar-refractivity contribution in [1.29, 1.82) is 0 Å². The average Bonchev–Trinajstić information content (AvgIpc) is 3.30. The zero-order chi connectivity index (χ0) is 23.3. The number of hydrogen-bond donors (Lipinski definition) is 1. The normalized spacial score (nSPS) is 21.8. The molecule has 0 spiro atoms. The Morgan fingerprint density at radius 1 is 0.970 bits per heavy atom. The van der Waals surface area contributed by atoms with Gasteiger partial charge in [-0.15, -0.1) is 0 Å². The first-order valence-corrected chi connectivity index (χ1v) is 12.5. The van der Waals surface area contributed by atoms with E-state index in [2.05, 4.69) is 23.7 Å². The number of hydrogen-bond acceptors (Lipinski definition) is 6. The number of amides is 2. The summed E-state index contributed by atoms with van der Waals surface area (Å²) in [6.45, 7) is 5.95. The summed E-state index contributed by atoms with van der Waals surface area (Å²) >= 11 is 2.33. The first kappa shape index (κ1) is 21.9. The van der Waals surface area contributed by atoms with Crippen molar-refractivity contribution in [3.63, 3.8) is 0 Å². The summed E-state index contributed by atoms with van der Waals surface area (Å²) in [6.07, 6.45) is 0. The molecule has 5 rings (SSSR count). The Labute approximate surface area is 198 Å². The van der Waals surface area contributed by atoms with Crippen LogP contribution in [0.15, 0.2) is 58.4 Å². The minimum Gasteiger partial charge on any atom is -0.372 e. The van der Waals surface area contributed by atoms with Crippen LogP contribution in [-0.4, -0.2) is 35.1 Å². The van der Waals surface area contributed by atoms with Gasteiger partial charge in [0.2, 0.25) is 11.8 Å². The van der Waals surface area contributed by atoms with Crippen LogP contribution in [0, 0.1) is 11.7 Å². The number of anilines is 2. The zero-order valence-electron chi connectivity index (χ0n) is 18.1. The number of aromatic amines is 1. The predicted molar refractivity (Wildman–Crippen MR) is 129 cm³/mol. The van der Waals surface area contributed by atoms with Gasteiger partial charge in [0.15, 0.2) is 0 Å². The molecule has 1 N–H and O–H groups in total. The predicted octanol–water partition coefficient (Wildman–Crippen LogP) is 4.22. The van der Waals surface area contributed by atoms with E-state index in [-0.39, 0.29) is 16.7 Å². The Hall–Kier alpha value is -2.91. The Balaban J connectivity index is 1.59.